The number of para-hydroxylation sites is 1. The van der Waals surface area contributed by atoms with E-state index in [2.05, 4.69) is 11.9 Å². The summed E-state index contributed by atoms with van der Waals surface area (Å²) in [5, 5.41) is 7.64. The van der Waals surface area contributed by atoms with Crippen LogP contribution in [-0.4, -0.2) is 41.7 Å². The van der Waals surface area contributed by atoms with Crippen LogP contribution in [0.15, 0.2) is 53.5 Å². The second-order valence-electron chi connectivity index (χ2n) is 6.49. The van der Waals surface area contributed by atoms with Gasteiger partial charge in [0, 0.05) is 12.2 Å². The lowest BCUT2D eigenvalue weighted by atomic mass is 10.0. The zero-order valence-electron chi connectivity index (χ0n) is 16.8. The Balaban J connectivity index is 2.21. The number of halogens is 4. The van der Waals surface area contributed by atoms with Gasteiger partial charge in [0.1, 0.15) is 12.3 Å². The number of esters is 1. The van der Waals surface area contributed by atoms with E-state index in [-0.39, 0.29) is 22.9 Å². The number of carbonyl (C=O) groups excluding carboxylic acids is 1. The minimum atomic E-state index is -4.76. The molecule has 0 aliphatic heterocycles. The molecular weight excluding hydrogens is 449 g/mol. The smallest absolute Gasteiger partial charge is 0.429 e. The van der Waals surface area contributed by atoms with Crippen LogP contribution in [0.1, 0.15) is 35.7 Å². The number of alkyl halides is 3. The molecule has 9 heteroatoms. The summed E-state index contributed by atoms with van der Waals surface area (Å²) in [5.74, 6) is 1.19. The predicted octanol–water partition coefficient (Wildman–Crippen LogP) is 6.73. The number of nitrogens with zero attached hydrogens (tertiary/aromatic N) is 1. The van der Waals surface area contributed by atoms with Crippen LogP contribution in [0, 0.1) is 5.41 Å². The molecule has 31 heavy (non-hydrogen) atoms. The van der Waals surface area contributed by atoms with Gasteiger partial charge in [-0.3, -0.25) is 4.99 Å². The maximum atomic E-state index is 12.9. The molecule has 0 saturated heterocycles. The van der Waals surface area contributed by atoms with E-state index >= 15 is 0 Å². The van der Waals surface area contributed by atoms with E-state index in [9.17, 15) is 18.0 Å². The minimum absolute atomic E-state index is 0.0197. The molecule has 0 unspecified atom stereocenters. The number of nitrogens with one attached hydrogen (secondary N) is 1. The second kappa shape index (κ2) is 11.9. The van der Waals surface area contributed by atoms with Gasteiger partial charge in [0.25, 0.3) is 0 Å². The number of carbonyl (C=O) groups is 1. The number of thioether (sulfide) groups is 1. The van der Waals surface area contributed by atoms with E-state index in [0.29, 0.717) is 17.0 Å². The van der Waals surface area contributed by atoms with Gasteiger partial charge in [0.05, 0.1) is 22.0 Å². The van der Waals surface area contributed by atoms with Crippen molar-refractivity contribution >= 4 is 46.4 Å². The van der Waals surface area contributed by atoms with E-state index in [1.165, 1.54) is 24.3 Å². The lowest BCUT2D eigenvalue weighted by Gasteiger charge is -2.12. The van der Waals surface area contributed by atoms with Crippen molar-refractivity contribution in [2.75, 3.05) is 18.1 Å². The molecule has 1 N–H and O–H groups in total. The molecule has 0 aliphatic rings. The number of aliphatic imine (C=N–C) groups is 1. The normalized spacial score (nSPS) is 12.0. The highest BCUT2D eigenvalue weighted by molar-refractivity contribution is 7.99. The van der Waals surface area contributed by atoms with Crippen molar-refractivity contribution in [3.63, 3.8) is 0 Å². The zero-order valence-corrected chi connectivity index (χ0v) is 18.4. The number of hydrogen-bond acceptors (Lipinski definition) is 5. The van der Waals surface area contributed by atoms with Crippen LogP contribution in [0.2, 0.25) is 5.02 Å². The Hall–Kier alpha value is -2.32. The summed E-state index contributed by atoms with van der Waals surface area (Å²) in [6.07, 6.45) is -4.45. The number of rotatable bonds is 10. The predicted molar refractivity (Wildman–Crippen MR) is 120 cm³/mol. The summed E-state index contributed by atoms with van der Waals surface area (Å²) < 4.78 is 44.0. The molecule has 2 aromatic carbocycles. The summed E-state index contributed by atoms with van der Waals surface area (Å²) in [6.45, 7) is 2.35. The second-order valence-corrected chi connectivity index (χ2v) is 8.12. The standard InChI is InChI=1S/C22H22ClF3N2O2S/c1-2-12-31-13-11-30-21(29)16-9-7-15(8-10-16)19(14-20(27)22(24,25)26)28-18-6-4-3-5-17(18)23/h3-10,27H,2,11-14H2,1H3. The molecule has 0 aromatic heterocycles. The van der Waals surface area contributed by atoms with Crippen molar-refractivity contribution in [2.24, 2.45) is 4.99 Å². The average Bonchev–Trinajstić information content (AvgIpc) is 2.74. The van der Waals surface area contributed by atoms with Crippen LogP contribution in [0.25, 0.3) is 0 Å². The van der Waals surface area contributed by atoms with Gasteiger partial charge in [0.15, 0.2) is 0 Å². The van der Waals surface area contributed by atoms with E-state index in [1.54, 1.807) is 36.0 Å². The van der Waals surface area contributed by atoms with Crippen molar-refractivity contribution in [3.05, 3.63) is 64.7 Å². The molecular formula is C22H22ClF3N2O2S. The number of ether oxygens (including phenoxy) is 1. The highest BCUT2D eigenvalue weighted by Gasteiger charge is 2.35. The van der Waals surface area contributed by atoms with E-state index in [0.717, 1.165) is 12.2 Å². The van der Waals surface area contributed by atoms with Crippen LogP contribution in [0.5, 0.6) is 0 Å². The Labute approximate surface area is 188 Å². The molecule has 0 heterocycles. The maximum absolute atomic E-state index is 12.9. The minimum Gasteiger partial charge on any atom is -0.461 e. The van der Waals surface area contributed by atoms with Crippen LogP contribution in [0.4, 0.5) is 18.9 Å². The van der Waals surface area contributed by atoms with Gasteiger partial charge < -0.3 is 10.1 Å². The van der Waals surface area contributed by atoms with Crippen molar-refractivity contribution in [3.8, 4) is 0 Å². The first kappa shape index (κ1) is 24.9. The largest absolute Gasteiger partial charge is 0.461 e. The van der Waals surface area contributed by atoms with E-state index in [4.69, 9.17) is 21.7 Å². The molecule has 0 spiro atoms. The lowest BCUT2D eigenvalue weighted by molar-refractivity contribution is -0.0605. The molecule has 2 aromatic rings. The molecule has 0 saturated carbocycles. The Bertz CT molecular complexity index is 931. The summed E-state index contributed by atoms with van der Waals surface area (Å²) in [4.78, 5) is 16.4. The molecule has 0 aliphatic carbocycles. The summed E-state index contributed by atoms with van der Waals surface area (Å²) in [6, 6.07) is 12.4. The molecule has 0 amide bonds. The van der Waals surface area contributed by atoms with Crippen LogP contribution < -0.4 is 0 Å². The summed E-state index contributed by atoms with van der Waals surface area (Å²) in [5.41, 5.74) is -0.476. The highest BCUT2D eigenvalue weighted by atomic mass is 35.5. The Kier molecular flexibility index (Phi) is 9.58. The summed E-state index contributed by atoms with van der Waals surface area (Å²) >= 11 is 7.77. The van der Waals surface area contributed by atoms with Crippen molar-refractivity contribution in [1.29, 1.82) is 5.41 Å². The molecule has 2 rings (SSSR count). The van der Waals surface area contributed by atoms with Gasteiger partial charge in [-0.05, 0) is 42.0 Å². The quantitative estimate of drug-likeness (QED) is 0.238. The van der Waals surface area contributed by atoms with Crippen LogP contribution in [0.3, 0.4) is 0 Å². The first-order valence-electron chi connectivity index (χ1n) is 9.54. The Morgan fingerprint density at radius 2 is 1.74 bits per heavy atom. The third-order valence-corrected chi connectivity index (χ3v) is 5.53. The zero-order chi connectivity index (χ0) is 22.9. The van der Waals surface area contributed by atoms with Crippen molar-refractivity contribution in [1.82, 2.24) is 0 Å². The molecule has 0 atom stereocenters. The molecule has 0 fully saturated rings. The first-order valence-corrected chi connectivity index (χ1v) is 11.1. The third kappa shape index (κ3) is 8.03. The topological polar surface area (TPSA) is 62.5 Å². The fourth-order valence-electron chi connectivity index (χ4n) is 2.48. The monoisotopic (exact) mass is 470 g/mol. The fraction of sp³-hybridized carbons (Fsp3) is 0.318. The molecule has 4 nitrogen and oxygen atoms in total. The van der Waals surface area contributed by atoms with Crippen molar-refractivity contribution in [2.45, 2.75) is 25.9 Å². The van der Waals surface area contributed by atoms with Crippen LogP contribution in [-0.2, 0) is 4.74 Å². The SMILES string of the molecule is CCCSCCOC(=O)c1ccc(C(CC(=N)C(F)(F)F)=Nc2ccccc2Cl)cc1. The van der Waals surface area contributed by atoms with Gasteiger partial charge in [-0.25, -0.2) is 4.79 Å². The van der Waals surface area contributed by atoms with Gasteiger partial charge in [-0.15, -0.1) is 0 Å². The number of hydrogen-bond donors (Lipinski definition) is 1. The third-order valence-electron chi connectivity index (χ3n) is 4.06. The summed E-state index contributed by atoms with van der Waals surface area (Å²) in [7, 11) is 0. The Morgan fingerprint density at radius 3 is 2.35 bits per heavy atom. The van der Waals surface area contributed by atoms with Crippen molar-refractivity contribution < 1.29 is 22.7 Å². The van der Waals surface area contributed by atoms with Gasteiger partial charge in [-0.2, -0.15) is 24.9 Å². The van der Waals surface area contributed by atoms with E-state index < -0.39 is 24.3 Å². The van der Waals surface area contributed by atoms with Gasteiger partial charge in [0.2, 0.25) is 0 Å². The first-order chi connectivity index (χ1) is 14.7. The fourth-order valence-corrected chi connectivity index (χ4v) is 3.36. The molecule has 166 valence electrons. The van der Waals surface area contributed by atoms with Crippen LogP contribution >= 0.6 is 23.4 Å². The highest BCUT2D eigenvalue weighted by Crippen LogP contribution is 2.27. The van der Waals surface area contributed by atoms with Gasteiger partial charge in [-0.1, -0.05) is 42.8 Å². The Morgan fingerprint density at radius 1 is 1.10 bits per heavy atom. The molecule has 0 bridgehead atoms. The van der Waals surface area contributed by atoms with Gasteiger partial charge >= 0.3 is 12.1 Å². The lowest BCUT2D eigenvalue weighted by Crippen LogP contribution is -2.25. The van der Waals surface area contributed by atoms with E-state index in [1.807, 2.05) is 0 Å². The molecule has 0 radical (unpaired) electrons. The number of benzene rings is 2. The average molecular weight is 471 g/mol. The maximum Gasteiger partial charge on any atom is 0.429 e.